The summed E-state index contributed by atoms with van der Waals surface area (Å²) in [5, 5.41) is 19.3. The predicted octanol–water partition coefficient (Wildman–Crippen LogP) is 1.20. The van der Waals surface area contributed by atoms with Gasteiger partial charge in [0.25, 0.3) is 0 Å². The summed E-state index contributed by atoms with van der Waals surface area (Å²) in [6.45, 7) is 0.186. The normalized spacial score (nSPS) is 39.0. The molecule has 116 valence electrons. The van der Waals surface area contributed by atoms with Crippen molar-refractivity contribution in [2.45, 2.75) is 24.0 Å². The van der Waals surface area contributed by atoms with Gasteiger partial charge in [-0.1, -0.05) is 30.3 Å². The molecule has 2 N–H and O–H groups in total. The molecule has 0 heterocycles. The van der Waals surface area contributed by atoms with E-state index >= 15 is 0 Å². The minimum absolute atomic E-state index is 0.00239. The first kappa shape index (κ1) is 15.0. The minimum atomic E-state index is -0.206. The number of fused-ring (bicyclic) bond motifs is 1. The van der Waals surface area contributed by atoms with Gasteiger partial charge in [-0.15, -0.1) is 0 Å². The minimum Gasteiger partial charge on any atom is -0.396 e. The fourth-order valence-corrected chi connectivity index (χ4v) is 4.81. The number of rotatable bonds is 6. The Balaban J connectivity index is 1.97. The molecule has 1 aromatic carbocycles. The number of aliphatic hydroxyl groups excluding tert-OH is 2. The highest BCUT2D eigenvalue weighted by molar-refractivity contribution is 5.42. The van der Waals surface area contributed by atoms with Crippen molar-refractivity contribution in [3.8, 4) is 0 Å². The lowest BCUT2D eigenvalue weighted by Crippen LogP contribution is -2.41. The summed E-state index contributed by atoms with van der Waals surface area (Å²) in [5.74, 6) is 0.819. The van der Waals surface area contributed by atoms with E-state index in [0.29, 0.717) is 5.92 Å². The van der Waals surface area contributed by atoms with Crippen LogP contribution in [0.3, 0.4) is 0 Å². The van der Waals surface area contributed by atoms with E-state index in [1.54, 1.807) is 14.2 Å². The molecule has 4 heteroatoms. The maximum atomic E-state index is 9.75. The fraction of sp³-hybridized carbons (Fsp3) is 0.647. The summed E-state index contributed by atoms with van der Waals surface area (Å²) in [5.41, 5.74) is 1.11. The molecular weight excluding hydrogens is 268 g/mol. The van der Waals surface area contributed by atoms with Crippen molar-refractivity contribution in [1.29, 1.82) is 0 Å². The molecule has 0 radical (unpaired) electrons. The largest absolute Gasteiger partial charge is 0.396 e. The van der Waals surface area contributed by atoms with Gasteiger partial charge in [-0.3, -0.25) is 0 Å². The maximum absolute atomic E-state index is 9.75. The van der Waals surface area contributed by atoms with Crippen molar-refractivity contribution < 1.29 is 19.7 Å². The van der Waals surface area contributed by atoms with Gasteiger partial charge in [0.05, 0.1) is 18.8 Å². The van der Waals surface area contributed by atoms with E-state index in [1.165, 1.54) is 5.56 Å². The van der Waals surface area contributed by atoms with Crippen LogP contribution in [0.2, 0.25) is 0 Å². The quantitative estimate of drug-likeness (QED) is 0.827. The molecule has 21 heavy (non-hydrogen) atoms. The highest BCUT2D eigenvalue weighted by Crippen LogP contribution is 2.71. The first-order valence-corrected chi connectivity index (χ1v) is 7.58. The van der Waals surface area contributed by atoms with Gasteiger partial charge in [0.1, 0.15) is 0 Å². The van der Waals surface area contributed by atoms with Crippen molar-refractivity contribution >= 4 is 0 Å². The zero-order valence-corrected chi connectivity index (χ0v) is 12.6. The third kappa shape index (κ3) is 1.97. The highest BCUT2D eigenvalue weighted by atomic mass is 16.5. The molecular formula is C17H24O4. The summed E-state index contributed by atoms with van der Waals surface area (Å²) in [6.07, 6.45) is 0.694. The molecule has 0 spiro atoms. The summed E-state index contributed by atoms with van der Waals surface area (Å²) in [6, 6.07) is 10.3. The van der Waals surface area contributed by atoms with E-state index in [4.69, 9.17) is 9.47 Å². The van der Waals surface area contributed by atoms with Crippen molar-refractivity contribution in [1.82, 2.24) is 0 Å². The number of ether oxygens (including phenoxy) is 2. The van der Waals surface area contributed by atoms with E-state index in [2.05, 4.69) is 12.1 Å². The van der Waals surface area contributed by atoms with Crippen molar-refractivity contribution in [2.75, 3.05) is 27.4 Å². The first-order chi connectivity index (χ1) is 10.2. The molecule has 0 unspecified atom stereocenters. The molecule has 0 amide bonds. The van der Waals surface area contributed by atoms with E-state index in [-0.39, 0.29) is 42.7 Å². The standard InChI is InChI=1S/C17H24O4/c1-20-15(10-19)12-8-13-14(9-18)17(13,16(12)21-2)11-6-4-3-5-7-11/h3-7,12-16,18-19H,8-10H2,1-2H3/t12-,13+,14-,15+,16-,17+/m1/s1. The van der Waals surface area contributed by atoms with Crippen molar-refractivity contribution in [3.63, 3.8) is 0 Å². The Bertz CT molecular complexity index is 473. The highest BCUT2D eigenvalue weighted by Gasteiger charge is 2.75. The van der Waals surface area contributed by atoms with Gasteiger partial charge in [-0.05, 0) is 23.8 Å². The average Bonchev–Trinajstić information content (AvgIpc) is 3.05. The average molecular weight is 292 g/mol. The molecule has 6 atom stereocenters. The number of hydrogen-bond donors (Lipinski definition) is 2. The fourth-order valence-electron chi connectivity index (χ4n) is 4.81. The van der Waals surface area contributed by atoms with Gasteiger partial charge in [0, 0.05) is 32.2 Å². The monoisotopic (exact) mass is 292 g/mol. The smallest absolute Gasteiger partial charge is 0.0855 e. The van der Waals surface area contributed by atoms with Gasteiger partial charge >= 0.3 is 0 Å². The van der Waals surface area contributed by atoms with Crippen molar-refractivity contribution in [2.24, 2.45) is 17.8 Å². The first-order valence-electron chi connectivity index (χ1n) is 7.58. The SMILES string of the molecule is CO[C@@H](CO)[C@H]1C[C@H]2[C@@H](CO)[C@@]2(c2ccccc2)[C@@H]1OC. The Hall–Kier alpha value is -0.940. The Morgan fingerprint density at radius 2 is 1.95 bits per heavy atom. The summed E-state index contributed by atoms with van der Waals surface area (Å²) >= 11 is 0. The van der Waals surface area contributed by atoms with Crippen LogP contribution in [0.15, 0.2) is 30.3 Å². The van der Waals surface area contributed by atoms with Crippen LogP contribution in [0.25, 0.3) is 0 Å². The van der Waals surface area contributed by atoms with E-state index in [1.807, 2.05) is 18.2 Å². The molecule has 3 rings (SSSR count). The molecule has 1 aromatic rings. The molecule has 0 aromatic heterocycles. The Morgan fingerprint density at radius 1 is 1.24 bits per heavy atom. The Morgan fingerprint density at radius 3 is 2.48 bits per heavy atom. The molecule has 2 aliphatic carbocycles. The second kappa shape index (κ2) is 5.69. The van der Waals surface area contributed by atoms with Crippen LogP contribution in [0.1, 0.15) is 12.0 Å². The summed E-state index contributed by atoms with van der Waals surface area (Å²) in [4.78, 5) is 0. The van der Waals surface area contributed by atoms with Crippen LogP contribution in [0.5, 0.6) is 0 Å². The molecule has 2 aliphatic rings. The van der Waals surface area contributed by atoms with E-state index in [9.17, 15) is 10.2 Å². The second-order valence-corrected chi connectivity index (χ2v) is 6.21. The Labute approximate surface area is 125 Å². The van der Waals surface area contributed by atoms with Gasteiger partial charge in [0.15, 0.2) is 0 Å². The van der Waals surface area contributed by atoms with E-state index in [0.717, 1.165) is 6.42 Å². The topological polar surface area (TPSA) is 58.9 Å². The number of methoxy groups -OCH3 is 2. The lowest BCUT2D eigenvalue weighted by molar-refractivity contribution is -0.0610. The third-order valence-electron chi connectivity index (χ3n) is 5.67. The van der Waals surface area contributed by atoms with Crippen LogP contribution in [-0.4, -0.2) is 49.9 Å². The van der Waals surface area contributed by atoms with Gasteiger partial charge in [-0.25, -0.2) is 0 Å². The van der Waals surface area contributed by atoms with Crippen LogP contribution >= 0.6 is 0 Å². The predicted molar refractivity (Wildman–Crippen MR) is 79.0 cm³/mol. The molecule has 2 saturated carbocycles. The molecule has 0 bridgehead atoms. The zero-order valence-electron chi connectivity index (χ0n) is 12.6. The van der Waals surface area contributed by atoms with Gasteiger partial charge in [0.2, 0.25) is 0 Å². The van der Waals surface area contributed by atoms with Crippen molar-refractivity contribution in [3.05, 3.63) is 35.9 Å². The Kier molecular flexibility index (Phi) is 4.06. The van der Waals surface area contributed by atoms with Crippen LogP contribution in [0, 0.1) is 17.8 Å². The van der Waals surface area contributed by atoms with E-state index < -0.39 is 0 Å². The number of aliphatic hydroxyl groups is 2. The summed E-state index contributed by atoms with van der Waals surface area (Å²) < 4.78 is 11.3. The molecule has 4 nitrogen and oxygen atoms in total. The summed E-state index contributed by atoms with van der Waals surface area (Å²) in [7, 11) is 3.36. The maximum Gasteiger partial charge on any atom is 0.0855 e. The number of hydrogen-bond acceptors (Lipinski definition) is 4. The van der Waals surface area contributed by atoms with Gasteiger partial charge in [-0.2, -0.15) is 0 Å². The lowest BCUT2D eigenvalue weighted by Gasteiger charge is -2.33. The van der Waals surface area contributed by atoms with Crippen LogP contribution in [0.4, 0.5) is 0 Å². The van der Waals surface area contributed by atoms with Crippen LogP contribution < -0.4 is 0 Å². The third-order valence-corrected chi connectivity index (χ3v) is 5.67. The second-order valence-electron chi connectivity index (χ2n) is 6.21. The molecule has 0 saturated heterocycles. The lowest BCUT2D eigenvalue weighted by atomic mass is 9.82. The molecule has 0 aliphatic heterocycles. The van der Waals surface area contributed by atoms with Gasteiger partial charge < -0.3 is 19.7 Å². The zero-order chi connectivity index (χ0) is 15.0. The molecule has 2 fully saturated rings. The van der Waals surface area contributed by atoms with Crippen LogP contribution in [-0.2, 0) is 14.9 Å². The number of benzene rings is 1.